The van der Waals surface area contributed by atoms with Crippen molar-refractivity contribution in [3.05, 3.63) is 35.6 Å². The second kappa shape index (κ2) is 3.76. The second-order valence-corrected chi connectivity index (χ2v) is 3.40. The predicted octanol–water partition coefficient (Wildman–Crippen LogP) is 2.82. The first-order valence-corrected chi connectivity index (χ1v) is 4.56. The molecule has 17 heavy (non-hydrogen) atoms. The fraction of sp³-hybridized carbons (Fsp3) is 0.100. The van der Waals surface area contributed by atoms with Crippen molar-refractivity contribution in [1.82, 2.24) is 10.2 Å². The number of aromatic amines is 1. The summed E-state index contributed by atoms with van der Waals surface area (Å²) in [5.41, 5.74) is 4.48. The van der Waals surface area contributed by atoms with Crippen molar-refractivity contribution in [2.45, 2.75) is 6.18 Å². The first-order valence-electron chi connectivity index (χ1n) is 4.56. The van der Waals surface area contributed by atoms with E-state index in [-0.39, 0.29) is 11.4 Å². The molecular formula is C10H7F4N3. The molecule has 0 aliphatic rings. The van der Waals surface area contributed by atoms with E-state index < -0.39 is 17.6 Å². The molecule has 3 nitrogen and oxygen atoms in total. The minimum absolute atomic E-state index is 0.151. The smallest absolute Gasteiger partial charge is 0.382 e. The number of benzene rings is 1. The highest BCUT2D eigenvalue weighted by Gasteiger charge is 2.34. The van der Waals surface area contributed by atoms with Crippen molar-refractivity contribution < 1.29 is 17.6 Å². The van der Waals surface area contributed by atoms with Gasteiger partial charge in [-0.1, -0.05) is 0 Å². The molecule has 2 aromatic rings. The number of rotatable bonds is 1. The minimum Gasteiger partial charge on any atom is -0.382 e. The lowest BCUT2D eigenvalue weighted by atomic mass is 10.1. The maximum absolute atomic E-state index is 13.0. The van der Waals surface area contributed by atoms with Gasteiger partial charge >= 0.3 is 6.18 Å². The predicted molar refractivity (Wildman–Crippen MR) is 53.4 cm³/mol. The topological polar surface area (TPSA) is 54.7 Å². The molecule has 7 heteroatoms. The number of nitrogens with one attached hydrogen (secondary N) is 1. The molecule has 0 amide bonds. The molecule has 0 radical (unpaired) electrons. The van der Waals surface area contributed by atoms with E-state index in [1.165, 1.54) is 12.1 Å². The van der Waals surface area contributed by atoms with Crippen LogP contribution in [0.1, 0.15) is 5.56 Å². The Morgan fingerprint density at radius 2 is 1.88 bits per heavy atom. The zero-order valence-corrected chi connectivity index (χ0v) is 8.35. The van der Waals surface area contributed by atoms with Crippen molar-refractivity contribution in [2.75, 3.05) is 5.73 Å². The Hall–Kier alpha value is -2.05. The molecule has 1 aromatic heterocycles. The first-order chi connectivity index (χ1) is 7.88. The van der Waals surface area contributed by atoms with Crippen molar-refractivity contribution in [2.24, 2.45) is 0 Å². The molecule has 1 aromatic carbocycles. The lowest BCUT2D eigenvalue weighted by Gasteiger charge is -2.09. The number of nitrogen functional groups attached to an aromatic ring is 1. The van der Waals surface area contributed by atoms with Gasteiger partial charge in [0.15, 0.2) is 0 Å². The summed E-state index contributed by atoms with van der Waals surface area (Å²) in [6, 6.07) is 4.06. The van der Waals surface area contributed by atoms with Gasteiger partial charge in [-0.25, -0.2) is 4.39 Å². The number of halogens is 4. The summed E-state index contributed by atoms with van der Waals surface area (Å²) in [7, 11) is 0. The van der Waals surface area contributed by atoms with Gasteiger partial charge in [0, 0.05) is 11.6 Å². The van der Waals surface area contributed by atoms with E-state index in [9.17, 15) is 17.6 Å². The number of aromatic nitrogens is 2. The molecule has 0 saturated heterocycles. The van der Waals surface area contributed by atoms with E-state index in [0.717, 1.165) is 6.07 Å². The third-order valence-corrected chi connectivity index (χ3v) is 2.18. The van der Waals surface area contributed by atoms with E-state index in [1.807, 2.05) is 0 Å². The number of H-pyrrole nitrogens is 1. The fourth-order valence-electron chi connectivity index (χ4n) is 1.40. The van der Waals surface area contributed by atoms with Crippen molar-refractivity contribution in [3.63, 3.8) is 0 Å². The Labute approximate surface area is 93.3 Å². The Balaban J connectivity index is 2.51. The summed E-state index contributed by atoms with van der Waals surface area (Å²) in [5, 5.41) is 6.04. The summed E-state index contributed by atoms with van der Waals surface area (Å²) in [5.74, 6) is -1.16. The van der Waals surface area contributed by atoms with Crippen molar-refractivity contribution >= 4 is 5.82 Å². The standard InChI is InChI=1S/C10H7F4N3/c11-7-2-1-5(3-6(7)10(12,13)14)8-4-9(15)17-16-8/h1-4H,(H3,15,16,17). The Bertz CT molecular complexity index is 545. The molecule has 0 bridgehead atoms. The highest BCUT2D eigenvalue weighted by Crippen LogP contribution is 2.33. The van der Waals surface area contributed by atoms with Crippen LogP contribution in [0.15, 0.2) is 24.3 Å². The molecule has 0 unspecified atom stereocenters. The lowest BCUT2D eigenvalue weighted by molar-refractivity contribution is -0.139. The highest BCUT2D eigenvalue weighted by molar-refractivity contribution is 5.63. The molecule has 1 heterocycles. The molecule has 0 spiro atoms. The van der Waals surface area contributed by atoms with E-state index in [0.29, 0.717) is 11.8 Å². The van der Waals surface area contributed by atoms with E-state index in [4.69, 9.17) is 5.73 Å². The maximum atomic E-state index is 13.0. The third-order valence-electron chi connectivity index (χ3n) is 2.18. The Kier molecular flexibility index (Phi) is 2.53. The van der Waals surface area contributed by atoms with Crippen LogP contribution in [0.2, 0.25) is 0 Å². The minimum atomic E-state index is -4.73. The van der Waals surface area contributed by atoms with Gasteiger partial charge in [-0.15, -0.1) is 0 Å². The average molecular weight is 245 g/mol. The van der Waals surface area contributed by atoms with Crippen LogP contribution in [-0.2, 0) is 6.18 Å². The number of hydrogen-bond acceptors (Lipinski definition) is 2. The number of alkyl halides is 3. The quantitative estimate of drug-likeness (QED) is 0.759. The van der Waals surface area contributed by atoms with Crippen LogP contribution in [0.3, 0.4) is 0 Å². The molecule has 0 saturated carbocycles. The molecular weight excluding hydrogens is 238 g/mol. The van der Waals surface area contributed by atoms with E-state index in [1.54, 1.807) is 0 Å². The fourth-order valence-corrected chi connectivity index (χ4v) is 1.40. The maximum Gasteiger partial charge on any atom is 0.419 e. The normalized spacial score (nSPS) is 11.8. The van der Waals surface area contributed by atoms with Crippen LogP contribution in [0.25, 0.3) is 11.3 Å². The molecule has 2 rings (SSSR count). The van der Waals surface area contributed by atoms with Crippen molar-refractivity contribution in [1.29, 1.82) is 0 Å². The first kappa shape index (κ1) is 11.4. The average Bonchev–Trinajstić information content (AvgIpc) is 2.64. The summed E-state index contributed by atoms with van der Waals surface area (Å²) in [6.07, 6.45) is -4.73. The summed E-state index contributed by atoms with van der Waals surface area (Å²) >= 11 is 0. The van der Waals surface area contributed by atoms with Gasteiger partial charge in [0.1, 0.15) is 11.6 Å². The van der Waals surface area contributed by atoms with Crippen LogP contribution in [0.5, 0.6) is 0 Å². The molecule has 0 aliphatic carbocycles. The summed E-state index contributed by atoms with van der Waals surface area (Å²) < 4.78 is 50.4. The van der Waals surface area contributed by atoms with Gasteiger partial charge < -0.3 is 5.73 Å². The summed E-state index contributed by atoms with van der Waals surface area (Å²) in [4.78, 5) is 0. The second-order valence-electron chi connectivity index (χ2n) is 3.40. The SMILES string of the molecule is Nc1cc(-c2ccc(F)c(C(F)(F)F)c2)[nH]n1. The molecule has 3 N–H and O–H groups in total. The van der Waals surface area contributed by atoms with Crippen LogP contribution in [0.4, 0.5) is 23.4 Å². The Morgan fingerprint density at radius 1 is 1.18 bits per heavy atom. The van der Waals surface area contributed by atoms with Gasteiger partial charge in [-0.3, -0.25) is 5.10 Å². The summed E-state index contributed by atoms with van der Waals surface area (Å²) in [6.45, 7) is 0. The number of anilines is 1. The van der Waals surface area contributed by atoms with E-state index in [2.05, 4.69) is 10.2 Å². The Morgan fingerprint density at radius 3 is 2.41 bits per heavy atom. The number of nitrogens with zero attached hydrogens (tertiary/aromatic N) is 1. The number of nitrogens with two attached hydrogens (primary N) is 1. The molecule has 0 atom stereocenters. The number of hydrogen-bond donors (Lipinski definition) is 2. The van der Waals surface area contributed by atoms with E-state index >= 15 is 0 Å². The van der Waals surface area contributed by atoms with Crippen LogP contribution in [0, 0.1) is 5.82 Å². The van der Waals surface area contributed by atoms with Crippen LogP contribution < -0.4 is 5.73 Å². The third kappa shape index (κ3) is 2.22. The van der Waals surface area contributed by atoms with Gasteiger partial charge in [0.25, 0.3) is 0 Å². The van der Waals surface area contributed by atoms with Crippen LogP contribution >= 0.6 is 0 Å². The van der Waals surface area contributed by atoms with Gasteiger partial charge in [-0.2, -0.15) is 18.3 Å². The van der Waals surface area contributed by atoms with Gasteiger partial charge in [0.05, 0.1) is 11.3 Å². The monoisotopic (exact) mass is 245 g/mol. The highest BCUT2D eigenvalue weighted by atomic mass is 19.4. The molecule has 0 fully saturated rings. The van der Waals surface area contributed by atoms with Crippen LogP contribution in [-0.4, -0.2) is 10.2 Å². The zero-order chi connectivity index (χ0) is 12.6. The lowest BCUT2D eigenvalue weighted by Crippen LogP contribution is -2.08. The zero-order valence-electron chi connectivity index (χ0n) is 8.35. The molecule has 0 aliphatic heterocycles. The van der Waals surface area contributed by atoms with Gasteiger partial charge in [-0.05, 0) is 18.2 Å². The van der Waals surface area contributed by atoms with Gasteiger partial charge in [0.2, 0.25) is 0 Å². The molecule has 90 valence electrons. The largest absolute Gasteiger partial charge is 0.419 e. The van der Waals surface area contributed by atoms with Crippen molar-refractivity contribution in [3.8, 4) is 11.3 Å².